The average Bonchev–Trinajstić information content (AvgIpc) is 3.26. The van der Waals surface area contributed by atoms with Crippen LogP contribution in [-0.2, 0) is 7.05 Å². The Kier molecular flexibility index (Phi) is 3.42. The van der Waals surface area contributed by atoms with E-state index in [0.717, 1.165) is 21.6 Å². The van der Waals surface area contributed by atoms with Gasteiger partial charge in [0.1, 0.15) is 4.83 Å². The summed E-state index contributed by atoms with van der Waals surface area (Å²) in [6, 6.07) is 13.6. The number of nitrogens with zero attached hydrogens (tertiary/aromatic N) is 4. The minimum absolute atomic E-state index is 0.158. The summed E-state index contributed by atoms with van der Waals surface area (Å²) in [5, 5.41) is 12.6. The van der Waals surface area contributed by atoms with Gasteiger partial charge in [0.25, 0.3) is 5.91 Å². The van der Waals surface area contributed by atoms with Crippen LogP contribution in [0.25, 0.3) is 15.9 Å². The first-order chi connectivity index (χ1) is 11.6. The van der Waals surface area contributed by atoms with Crippen LogP contribution >= 0.6 is 11.3 Å². The van der Waals surface area contributed by atoms with E-state index in [1.54, 1.807) is 16.9 Å². The molecule has 3 heterocycles. The number of amides is 1. The molecule has 0 bridgehead atoms. The van der Waals surface area contributed by atoms with Gasteiger partial charge in [0.15, 0.2) is 5.82 Å². The molecule has 1 N–H and O–H groups in total. The summed E-state index contributed by atoms with van der Waals surface area (Å²) in [5.41, 5.74) is 1.89. The Morgan fingerprint density at radius 3 is 2.67 bits per heavy atom. The molecule has 1 aromatic carbocycles. The number of nitrogens with one attached hydrogen (secondary N) is 1. The van der Waals surface area contributed by atoms with Crippen molar-refractivity contribution in [2.24, 2.45) is 7.05 Å². The molecule has 120 valence electrons. The van der Waals surface area contributed by atoms with Crippen LogP contribution < -0.4 is 5.32 Å². The molecule has 0 unspecified atom stereocenters. The maximum absolute atomic E-state index is 12.5. The Labute approximate surface area is 142 Å². The highest BCUT2D eigenvalue weighted by molar-refractivity contribution is 7.20. The van der Waals surface area contributed by atoms with Crippen molar-refractivity contribution < 1.29 is 4.79 Å². The molecule has 4 aromatic rings. The molecular weight excluding hydrogens is 322 g/mol. The predicted octanol–water partition coefficient (Wildman–Crippen LogP) is 3.38. The van der Waals surface area contributed by atoms with Gasteiger partial charge < -0.3 is 5.32 Å². The monoisotopic (exact) mass is 337 g/mol. The number of benzene rings is 1. The number of rotatable bonds is 3. The van der Waals surface area contributed by atoms with E-state index in [1.807, 2.05) is 55.1 Å². The second-order valence-corrected chi connectivity index (χ2v) is 6.52. The lowest BCUT2D eigenvalue weighted by Gasteiger charge is -2.01. The Balaban J connectivity index is 1.72. The van der Waals surface area contributed by atoms with Crippen LogP contribution in [0, 0.1) is 6.92 Å². The van der Waals surface area contributed by atoms with Gasteiger partial charge in [-0.05, 0) is 25.1 Å². The Morgan fingerprint density at radius 2 is 1.96 bits per heavy atom. The fourth-order valence-corrected chi connectivity index (χ4v) is 3.64. The van der Waals surface area contributed by atoms with E-state index in [0.29, 0.717) is 10.7 Å². The van der Waals surface area contributed by atoms with Gasteiger partial charge in [-0.1, -0.05) is 18.2 Å². The van der Waals surface area contributed by atoms with Gasteiger partial charge >= 0.3 is 0 Å². The maximum atomic E-state index is 12.5. The molecule has 6 nitrogen and oxygen atoms in total. The molecule has 0 aliphatic rings. The molecule has 0 fully saturated rings. The van der Waals surface area contributed by atoms with E-state index in [-0.39, 0.29) is 5.91 Å². The topological polar surface area (TPSA) is 64.7 Å². The highest BCUT2D eigenvalue weighted by Gasteiger charge is 2.17. The summed E-state index contributed by atoms with van der Waals surface area (Å²) < 4.78 is 3.53. The van der Waals surface area contributed by atoms with Crippen LogP contribution in [0.15, 0.2) is 48.7 Å². The largest absolute Gasteiger partial charge is 0.304 e. The smallest absolute Gasteiger partial charge is 0.267 e. The molecule has 0 saturated carbocycles. The van der Waals surface area contributed by atoms with Crippen LogP contribution in [-0.4, -0.2) is 25.5 Å². The lowest BCUT2D eigenvalue weighted by molar-refractivity contribution is 0.103. The summed E-state index contributed by atoms with van der Waals surface area (Å²) in [6.07, 6.45) is 1.79. The average molecular weight is 337 g/mol. The highest BCUT2D eigenvalue weighted by atomic mass is 32.1. The van der Waals surface area contributed by atoms with Gasteiger partial charge in [0, 0.05) is 24.7 Å². The van der Waals surface area contributed by atoms with Gasteiger partial charge in [-0.3, -0.25) is 9.48 Å². The molecule has 1 amide bonds. The second-order valence-electron chi connectivity index (χ2n) is 5.49. The van der Waals surface area contributed by atoms with Gasteiger partial charge in [-0.2, -0.15) is 10.2 Å². The van der Waals surface area contributed by atoms with Crippen molar-refractivity contribution in [3.8, 4) is 5.69 Å². The second kappa shape index (κ2) is 5.61. The number of fused-ring (bicyclic) bond motifs is 1. The number of hydrogen-bond acceptors (Lipinski definition) is 4. The van der Waals surface area contributed by atoms with Crippen molar-refractivity contribution in [1.29, 1.82) is 0 Å². The number of aromatic nitrogens is 4. The molecule has 7 heteroatoms. The van der Waals surface area contributed by atoms with E-state index < -0.39 is 0 Å². The van der Waals surface area contributed by atoms with E-state index in [9.17, 15) is 4.79 Å². The highest BCUT2D eigenvalue weighted by Crippen LogP contribution is 2.30. The molecule has 0 aliphatic heterocycles. The van der Waals surface area contributed by atoms with E-state index in [2.05, 4.69) is 15.5 Å². The standard InChI is InChI=1S/C17H15N5OS/c1-11-13-10-14(16(23)18-15-8-9-21(2)20-15)24-17(13)22(19-11)12-6-4-3-5-7-12/h3-10H,1-2H3,(H,18,20,23). The summed E-state index contributed by atoms with van der Waals surface area (Å²) in [4.78, 5) is 14.1. The first-order valence-corrected chi connectivity index (χ1v) is 8.29. The Bertz CT molecular complexity index is 1030. The number of carbonyl (C=O) groups excluding carboxylic acids is 1. The number of carbonyl (C=O) groups is 1. The normalized spacial score (nSPS) is 11.1. The van der Waals surface area contributed by atoms with Gasteiger partial charge in [0.05, 0.1) is 16.3 Å². The van der Waals surface area contributed by atoms with Crippen molar-refractivity contribution in [2.75, 3.05) is 5.32 Å². The number of aryl methyl sites for hydroxylation is 2. The minimum Gasteiger partial charge on any atom is -0.304 e. The number of hydrogen-bond donors (Lipinski definition) is 1. The van der Waals surface area contributed by atoms with Gasteiger partial charge in [0.2, 0.25) is 0 Å². The summed E-state index contributed by atoms with van der Waals surface area (Å²) in [6.45, 7) is 1.95. The lowest BCUT2D eigenvalue weighted by Crippen LogP contribution is -2.10. The van der Waals surface area contributed by atoms with Crippen LogP contribution in [0.2, 0.25) is 0 Å². The van der Waals surface area contributed by atoms with Crippen LogP contribution in [0.4, 0.5) is 5.82 Å². The maximum Gasteiger partial charge on any atom is 0.267 e. The van der Waals surface area contributed by atoms with Crippen molar-refractivity contribution in [3.63, 3.8) is 0 Å². The van der Waals surface area contributed by atoms with Gasteiger partial charge in [-0.25, -0.2) is 4.68 Å². The Morgan fingerprint density at radius 1 is 1.17 bits per heavy atom. The van der Waals surface area contributed by atoms with Crippen molar-refractivity contribution >= 4 is 33.3 Å². The quantitative estimate of drug-likeness (QED) is 0.623. The van der Waals surface area contributed by atoms with Crippen LogP contribution in [0.1, 0.15) is 15.4 Å². The molecule has 0 atom stereocenters. The predicted molar refractivity (Wildman–Crippen MR) is 94.8 cm³/mol. The van der Waals surface area contributed by atoms with Crippen molar-refractivity contribution in [2.45, 2.75) is 6.92 Å². The summed E-state index contributed by atoms with van der Waals surface area (Å²) >= 11 is 1.43. The molecule has 4 rings (SSSR count). The third kappa shape index (κ3) is 2.48. The summed E-state index contributed by atoms with van der Waals surface area (Å²) in [5.74, 6) is 0.385. The zero-order valence-corrected chi connectivity index (χ0v) is 14.0. The minimum atomic E-state index is -0.158. The lowest BCUT2D eigenvalue weighted by atomic mass is 10.3. The molecule has 0 spiro atoms. The van der Waals surface area contributed by atoms with Crippen molar-refractivity contribution in [1.82, 2.24) is 19.6 Å². The fraction of sp³-hybridized carbons (Fsp3) is 0.118. The molecule has 3 aromatic heterocycles. The van der Waals surface area contributed by atoms with E-state index >= 15 is 0 Å². The third-order valence-electron chi connectivity index (χ3n) is 3.72. The van der Waals surface area contributed by atoms with Crippen LogP contribution in [0.5, 0.6) is 0 Å². The first-order valence-electron chi connectivity index (χ1n) is 7.47. The number of thiophene rings is 1. The van der Waals surface area contributed by atoms with Gasteiger partial charge in [-0.15, -0.1) is 11.3 Å². The van der Waals surface area contributed by atoms with E-state index in [4.69, 9.17) is 0 Å². The number of para-hydroxylation sites is 1. The molecule has 0 aliphatic carbocycles. The molecule has 0 radical (unpaired) electrons. The zero-order chi connectivity index (χ0) is 16.7. The molecule has 24 heavy (non-hydrogen) atoms. The molecular formula is C17H15N5OS. The Hall–Kier alpha value is -2.93. The summed E-state index contributed by atoms with van der Waals surface area (Å²) in [7, 11) is 1.81. The third-order valence-corrected chi connectivity index (χ3v) is 4.83. The van der Waals surface area contributed by atoms with Crippen LogP contribution in [0.3, 0.4) is 0 Å². The molecule has 0 saturated heterocycles. The zero-order valence-electron chi connectivity index (χ0n) is 13.2. The SMILES string of the molecule is Cc1nn(-c2ccccc2)c2sc(C(=O)Nc3ccn(C)n3)cc12. The fourth-order valence-electron chi connectivity index (χ4n) is 2.56. The van der Waals surface area contributed by atoms with E-state index in [1.165, 1.54) is 11.3 Å². The van der Waals surface area contributed by atoms with Crippen molar-refractivity contribution in [3.05, 3.63) is 59.2 Å². The number of anilines is 1. The first kappa shape index (κ1) is 14.6.